The van der Waals surface area contributed by atoms with Crippen LogP contribution in [0.4, 0.5) is 8.78 Å². The molecule has 2 amide bonds. The Labute approximate surface area is 241 Å². The maximum atomic E-state index is 14.2. The van der Waals surface area contributed by atoms with E-state index < -0.39 is 23.7 Å². The van der Waals surface area contributed by atoms with Crippen LogP contribution in [0.15, 0.2) is 36.7 Å². The number of H-pyrrole nitrogens is 1. The average molecular weight is 564 g/mol. The maximum absolute atomic E-state index is 14.2. The van der Waals surface area contributed by atoms with Crippen molar-refractivity contribution in [3.05, 3.63) is 54.1 Å². The van der Waals surface area contributed by atoms with E-state index in [0.29, 0.717) is 36.8 Å². The second kappa shape index (κ2) is 15.0. The van der Waals surface area contributed by atoms with Crippen LogP contribution in [-0.2, 0) is 9.59 Å². The molecule has 3 N–H and O–H groups in total. The van der Waals surface area contributed by atoms with Crippen LogP contribution in [0, 0.1) is 17.0 Å². The zero-order valence-electron chi connectivity index (χ0n) is 25.2. The molecule has 9 heteroatoms. The zero-order chi connectivity index (χ0) is 30.0. The number of nitrogens with zero attached hydrogens (tertiary/aromatic N) is 2. The normalized spacial score (nSPS) is 16.8. The molecule has 2 heterocycles. The molecule has 7 nitrogen and oxygen atoms in total. The molecule has 0 unspecified atom stereocenters. The fraction of sp³-hybridized carbons (Fsp3) is 0.581. The highest BCUT2D eigenvalue weighted by atomic mass is 19.1. The van der Waals surface area contributed by atoms with Crippen molar-refractivity contribution in [1.82, 2.24) is 25.5 Å². The average Bonchev–Trinajstić information content (AvgIpc) is 3.38. The van der Waals surface area contributed by atoms with Crippen molar-refractivity contribution in [3.8, 4) is 11.3 Å². The molecule has 3 rings (SSSR count). The van der Waals surface area contributed by atoms with Crippen LogP contribution < -0.4 is 10.6 Å². The lowest BCUT2D eigenvalue weighted by Gasteiger charge is -2.37. The highest BCUT2D eigenvalue weighted by Crippen LogP contribution is 2.25. The van der Waals surface area contributed by atoms with Gasteiger partial charge in [-0.15, -0.1) is 0 Å². The van der Waals surface area contributed by atoms with Gasteiger partial charge in [-0.05, 0) is 57.1 Å². The van der Waals surface area contributed by atoms with Crippen molar-refractivity contribution >= 4 is 11.8 Å². The number of carbonyl (C=O) groups is 2. The Morgan fingerprint density at radius 3 is 2.55 bits per heavy atom. The van der Waals surface area contributed by atoms with E-state index in [0.717, 1.165) is 31.1 Å². The molecular weight excluding hydrogens is 512 g/mol. The maximum Gasteiger partial charge on any atom is 0.243 e. The van der Waals surface area contributed by atoms with Crippen molar-refractivity contribution in [1.29, 1.82) is 0 Å². The first-order valence-electron chi connectivity index (χ1n) is 14.4. The fourth-order valence-electron chi connectivity index (χ4n) is 4.67. The number of hydrogen-bond acceptors (Lipinski definition) is 4. The van der Waals surface area contributed by atoms with E-state index in [4.69, 9.17) is 0 Å². The van der Waals surface area contributed by atoms with Gasteiger partial charge in [0.2, 0.25) is 11.8 Å². The lowest BCUT2D eigenvalue weighted by atomic mass is 9.90. The molecule has 0 spiro atoms. The Morgan fingerprint density at radius 2 is 1.93 bits per heavy atom. The molecule has 2 aromatic rings. The number of likely N-dealkylation sites (tertiary alicyclic amines) is 1. The Kier molecular flexibility index (Phi) is 12.3. The van der Waals surface area contributed by atoms with E-state index in [2.05, 4.69) is 59.8 Å². The predicted octanol–water partition coefficient (Wildman–Crippen LogP) is 7.14. The van der Waals surface area contributed by atoms with Crippen LogP contribution in [-0.4, -0.2) is 45.3 Å². The summed E-state index contributed by atoms with van der Waals surface area (Å²) in [6.45, 7) is 19.3. The number of aromatic amines is 1. The van der Waals surface area contributed by atoms with E-state index in [9.17, 15) is 18.4 Å². The molecule has 1 aromatic heterocycles. The topological polar surface area (TPSA) is 90.1 Å². The molecule has 0 aliphatic carbocycles. The number of piperidine rings is 1. The summed E-state index contributed by atoms with van der Waals surface area (Å²) in [7, 11) is 0. The van der Waals surface area contributed by atoms with Crippen molar-refractivity contribution in [2.45, 2.75) is 105 Å². The quantitative estimate of drug-likeness (QED) is 0.287. The third kappa shape index (κ3) is 9.75. The minimum Gasteiger partial charge on any atom is -0.373 e. The number of benzene rings is 1. The minimum absolute atomic E-state index is 0. The Hall–Kier alpha value is -3.23. The summed E-state index contributed by atoms with van der Waals surface area (Å²) in [5.41, 5.74) is 1.38. The summed E-state index contributed by atoms with van der Waals surface area (Å²) < 4.78 is 27.5. The highest BCUT2D eigenvalue weighted by molar-refractivity contribution is 5.88. The van der Waals surface area contributed by atoms with Gasteiger partial charge in [-0.1, -0.05) is 41.2 Å². The molecular formula is C31H51F2N5O2. The Bertz CT molecular complexity index is 1150. The molecule has 1 aliphatic heterocycles. The minimum atomic E-state index is -0.796. The molecule has 1 fully saturated rings. The first-order valence-corrected chi connectivity index (χ1v) is 14.4. The Balaban J connectivity index is 0.00000411. The van der Waals surface area contributed by atoms with Crippen molar-refractivity contribution in [3.63, 3.8) is 0 Å². The first-order chi connectivity index (χ1) is 18.8. The molecule has 0 radical (unpaired) electrons. The van der Waals surface area contributed by atoms with Crippen molar-refractivity contribution in [2.24, 2.45) is 5.41 Å². The summed E-state index contributed by atoms with van der Waals surface area (Å²) in [4.78, 5) is 35.7. The predicted molar refractivity (Wildman–Crippen MR) is 160 cm³/mol. The van der Waals surface area contributed by atoms with Crippen LogP contribution in [0.3, 0.4) is 0 Å². The number of carbonyl (C=O) groups excluding carboxylic acids is 2. The van der Waals surface area contributed by atoms with Crippen LogP contribution in [0.2, 0.25) is 0 Å². The van der Waals surface area contributed by atoms with E-state index in [1.807, 2.05) is 13.8 Å². The van der Waals surface area contributed by atoms with E-state index >= 15 is 0 Å². The van der Waals surface area contributed by atoms with Gasteiger partial charge >= 0.3 is 0 Å². The summed E-state index contributed by atoms with van der Waals surface area (Å²) in [6, 6.07) is 2.31. The van der Waals surface area contributed by atoms with Crippen molar-refractivity contribution in [2.75, 3.05) is 6.54 Å². The first kappa shape index (κ1) is 33.0. The van der Waals surface area contributed by atoms with Gasteiger partial charge in [-0.25, -0.2) is 13.8 Å². The number of aromatic nitrogens is 2. The summed E-state index contributed by atoms with van der Waals surface area (Å²) in [5.74, 6) is -1.49. The molecule has 1 aliphatic rings. The molecule has 40 heavy (non-hydrogen) atoms. The second-order valence-corrected chi connectivity index (χ2v) is 11.5. The van der Waals surface area contributed by atoms with E-state index in [1.54, 1.807) is 6.92 Å². The number of imidazole rings is 1. The number of hydrogen-bond donors (Lipinski definition) is 3. The van der Waals surface area contributed by atoms with Gasteiger partial charge in [0, 0.05) is 45.6 Å². The molecule has 1 aromatic carbocycles. The number of rotatable bonds is 10. The van der Waals surface area contributed by atoms with E-state index in [-0.39, 0.29) is 25.6 Å². The third-order valence-corrected chi connectivity index (χ3v) is 6.99. The van der Waals surface area contributed by atoms with Crippen LogP contribution in [0.25, 0.3) is 11.3 Å². The lowest BCUT2D eigenvalue weighted by molar-refractivity contribution is -0.129. The summed E-state index contributed by atoms with van der Waals surface area (Å²) >= 11 is 0. The smallest absolute Gasteiger partial charge is 0.243 e. The van der Waals surface area contributed by atoms with Gasteiger partial charge in [0.15, 0.2) is 0 Å². The van der Waals surface area contributed by atoms with Crippen LogP contribution >= 0.6 is 0 Å². The monoisotopic (exact) mass is 563 g/mol. The van der Waals surface area contributed by atoms with Crippen molar-refractivity contribution < 1.29 is 21.2 Å². The SMILES string of the molecule is C=C(C[C@H](NC(=O)CCC(C)(C)C)C(=O)N[C@@H](C)c1ncc(-c2ccc(F)cc2F)[nH]1)N1CCCC[C@@H]1C.CC.[HH].[HH]. The number of nitrogens with one attached hydrogen (secondary N) is 3. The largest absolute Gasteiger partial charge is 0.373 e. The van der Waals surface area contributed by atoms with E-state index in [1.165, 1.54) is 24.8 Å². The third-order valence-electron chi connectivity index (χ3n) is 6.99. The summed E-state index contributed by atoms with van der Waals surface area (Å²) in [6.07, 6.45) is 6.07. The fourth-order valence-corrected chi connectivity index (χ4v) is 4.67. The molecule has 0 saturated carbocycles. The highest BCUT2D eigenvalue weighted by Gasteiger charge is 2.28. The Morgan fingerprint density at radius 1 is 1.23 bits per heavy atom. The standard InChI is InChI=1S/C29H41F2N5O2.C2H6.2H2/c1-18-9-7-8-14-36(18)19(2)15-24(34-26(37)12-13-29(4,5)6)28(38)33-20(3)27-32-17-25(35-27)22-11-10-21(30)16-23(22)31;1-2;;/h10-11,16-18,20,24H,2,7-9,12-15H2,1,3-6H3,(H,32,35)(H,33,38)(H,34,37);1-2H3;2*1H/t18-,20-,24-;;;/m0.../s1. The second-order valence-electron chi connectivity index (χ2n) is 11.5. The van der Waals surface area contributed by atoms with Gasteiger partial charge < -0.3 is 20.5 Å². The van der Waals surface area contributed by atoms with Crippen LogP contribution in [0.1, 0.15) is 102 Å². The number of amides is 2. The van der Waals surface area contributed by atoms with Gasteiger partial charge in [-0.2, -0.15) is 0 Å². The van der Waals surface area contributed by atoms with Gasteiger partial charge in [0.25, 0.3) is 0 Å². The lowest BCUT2D eigenvalue weighted by Crippen LogP contribution is -2.49. The number of halogens is 2. The van der Waals surface area contributed by atoms with Gasteiger partial charge in [0.1, 0.15) is 23.5 Å². The molecule has 0 bridgehead atoms. The molecule has 1 saturated heterocycles. The van der Waals surface area contributed by atoms with Gasteiger partial charge in [0.05, 0.1) is 17.9 Å². The zero-order valence-corrected chi connectivity index (χ0v) is 25.2. The van der Waals surface area contributed by atoms with Crippen LogP contribution in [0.5, 0.6) is 0 Å². The molecule has 226 valence electrons. The van der Waals surface area contributed by atoms with Gasteiger partial charge in [-0.3, -0.25) is 9.59 Å². The molecule has 3 atom stereocenters. The summed E-state index contributed by atoms with van der Waals surface area (Å²) in [5, 5.41) is 5.84.